The van der Waals surface area contributed by atoms with Crippen molar-refractivity contribution in [3.63, 3.8) is 0 Å². The summed E-state index contributed by atoms with van der Waals surface area (Å²) in [6.07, 6.45) is 3.09. The molecule has 6 nitrogen and oxygen atoms in total. The quantitative estimate of drug-likeness (QED) is 0.340. The maximum atomic E-state index is 11.7. The normalized spacial score (nSPS) is 11.1. The Hall–Kier alpha value is -3.93. The molecule has 0 amide bonds. The number of benzene rings is 2. The molecule has 1 N–H and O–H groups in total. The van der Waals surface area contributed by atoms with Gasteiger partial charge in [0.05, 0.1) is 0 Å². The van der Waals surface area contributed by atoms with Crippen LogP contribution >= 0.6 is 0 Å². The van der Waals surface area contributed by atoms with Crippen LogP contribution in [-0.4, -0.2) is 23.0 Å². The minimum absolute atomic E-state index is 0.296. The minimum atomic E-state index is -1.03. The summed E-state index contributed by atoms with van der Waals surface area (Å²) in [7, 11) is 0. The van der Waals surface area contributed by atoms with Gasteiger partial charge in [0.15, 0.2) is 0 Å². The van der Waals surface area contributed by atoms with Gasteiger partial charge in [-0.3, -0.25) is 0 Å². The van der Waals surface area contributed by atoms with Crippen molar-refractivity contribution in [2.24, 2.45) is 0 Å². The molecule has 0 heterocycles. The van der Waals surface area contributed by atoms with Crippen molar-refractivity contribution in [2.45, 2.75) is 32.6 Å². The Morgan fingerprint density at radius 2 is 1.22 bits per heavy atom. The lowest BCUT2D eigenvalue weighted by atomic mass is 9.73. The third-order valence-corrected chi connectivity index (χ3v) is 4.89. The van der Waals surface area contributed by atoms with Gasteiger partial charge < -0.3 is 14.6 Å². The third-order valence-electron chi connectivity index (χ3n) is 4.89. The smallest absolute Gasteiger partial charge is 0.338 e. The predicted octanol–water partition coefficient (Wildman–Crippen LogP) is 4.99. The van der Waals surface area contributed by atoms with Crippen LogP contribution in [0.1, 0.15) is 38.3 Å². The number of esters is 2. The van der Waals surface area contributed by atoms with Gasteiger partial charge in [0.25, 0.3) is 0 Å². The summed E-state index contributed by atoms with van der Waals surface area (Å²) in [4.78, 5) is 34.5. The van der Waals surface area contributed by atoms with Crippen LogP contribution in [0.15, 0.2) is 85.0 Å². The molecule has 0 atom stereocenters. The molecular weight excluding hydrogens is 408 g/mol. The number of allylic oxidation sites excluding steroid dienone is 1. The molecule has 6 heteroatoms. The third kappa shape index (κ3) is 6.28. The molecule has 0 fully saturated rings. The average molecular weight is 434 g/mol. The van der Waals surface area contributed by atoms with Gasteiger partial charge in [-0.2, -0.15) is 0 Å². The highest BCUT2D eigenvalue weighted by atomic mass is 16.5. The zero-order chi connectivity index (χ0) is 23.9. The highest BCUT2D eigenvalue weighted by Crippen LogP contribution is 2.37. The molecule has 2 aromatic carbocycles. The van der Waals surface area contributed by atoms with E-state index in [9.17, 15) is 14.4 Å². The topological polar surface area (TPSA) is 89.9 Å². The van der Waals surface area contributed by atoms with Crippen molar-refractivity contribution in [3.05, 3.63) is 96.1 Å². The molecule has 0 spiro atoms. The summed E-state index contributed by atoms with van der Waals surface area (Å²) >= 11 is 0. The molecule has 0 saturated heterocycles. The van der Waals surface area contributed by atoms with E-state index in [0.29, 0.717) is 29.1 Å². The van der Waals surface area contributed by atoms with Crippen LogP contribution < -0.4 is 9.47 Å². The zero-order valence-corrected chi connectivity index (χ0v) is 18.4. The van der Waals surface area contributed by atoms with Crippen LogP contribution in [0.25, 0.3) is 0 Å². The molecule has 166 valence electrons. The first-order valence-corrected chi connectivity index (χ1v) is 9.89. The standard InChI is InChI=1S/C26H26O6/c1-17(2)24(29)31-21-12-8-19(9-13-21)26(5,16-6-7-23(27)28)20-10-14-22(15-11-20)32-25(30)18(3)4/h6-15H,1,3,16H2,2,4-5H3,(H,27,28). The Balaban J connectivity index is 2.37. The highest BCUT2D eigenvalue weighted by Gasteiger charge is 2.28. The Morgan fingerprint density at radius 1 is 0.844 bits per heavy atom. The largest absolute Gasteiger partial charge is 0.478 e. The minimum Gasteiger partial charge on any atom is -0.478 e. The molecule has 0 aliphatic heterocycles. The summed E-state index contributed by atoms with van der Waals surface area (Å²) in [5, 5.41) is 8.98. The lowest BCUT2D eigenvalue weighted by Crippen LogP contribution is -2.23. The predicted molar refractivity (Wildman–Crippen MR) is 122 cm³/mol. The van der Waals surface area contributed by atoms with Crippen molar-refractivity contribution in [1.82, 2.24) is 0 Å². The van der Waals surface area contributed by atoms with Crippen LogP contribution in [0.2, 0.25) is 0 Å². The number of carboxylic acid groups (broad SMARTS) is 1. The van der Waals surface area contributed by atoms with Crippen LogP contribution in [0.5, 0.6) is 11.5 Å². The average Bonchev–Trinajstić information content (AvgIpc) is 2.74. The Morgan fingerprint density at radius 3 is 1.53 bits per heavy atom. The van der Waals surface area contributed by atoms with E-state index in [1.54, 1.807) is 44.2 Å². The molecule has 0 radical (unpaired) electrons. The van der Waals surface area contributed by atoms with Gasteiger partial charge in [-0.15, -0.1) is 0 Å². The van der Waals surface area contributed by atoms with Crippen molar-refractivity contribution in [1.29, 1.82) is 0 Å². The molecule has 0 unspecified atom stereocenters. The lowest BCUT2D eigenvalue weighted by molar-refractivity contribution is -0.132. The zero-order valence-electron chi connectivity index (χ0n) is 18.4. The number of carbonyl (C=O) groups excluding carboxylic acids is 2. The molecule has 0 aliphatic rings. The van der Waals surface area contributed by atoms with Gasteiger partial charge in [0.2, 0.25) is 0 Å². The Labute approximate surface area is 187 Å². The van der Waals surface area contributed by atoms with E-state index in [-0.39, 0.29) is 0 Å². The highest BCUT2D eigenvalue weighted by molar-refractivity contribution is 5.89. The maximum Gasteiger partial charge on any atom is 0.338 e. The second-order valence-corrected chi connectivity index (χ2v) is 7.67. The summed E-state index contributed by atoms with van der Waals surface area (Å²) in [5.74, 6) is -1.29. The number of hydrogen-bond acceptors (Lipinski definition) is 5. The number of carbonyl (C=O) groups is 3. The first-order chi connectivity index (χ1) is 15.0. The van der Waals surface area contributed by atoms with Crippen molar-refractivity contribution in [2.75, 3.05) is 0 Å². The summed E-state index contributed by atoms with van der Waals surface area (Å²) < 4.78 is 10.5. The molecule has 0 bridgehead atoms. The maximum absolute atomic E-state index is 11.7. The number of aliphatic carboxylic acids is 1. The van der Waals surface area contributed by atoms with Gasteiger partial charge in [0.1, 0.15) is 11.5 Å². The van der Waals surface area contributed by atoms with E-state index in [2.05, 4.69) is 13.2 Å². The summed E-state index contributed by atoms with van der Waals surface area (Å²) in [6, 6.07) is 14.0. The monoisotopic (exact) mass is 434 g/mol. The van der Waals surface area contributed by atoms with Crippen LogP contribution in [0.3, 0.4) is 0 Å². The van der Waals surface area contributed by atoms with Gasteiger partial charge in [-0.25, -0.2) is 14.4 Å². The second kappa shape index (κ2) is 10.4. The lowest BCUT2D eigenvalue weighted by Gasteiger charge is -2.30. The fourth-order valence-corrected chi connectivity index (χ4v) is 2.97. The van der Waals surface area contributed by atoms with Crippen LogP contribution in [0, 0.1) is 0 Å². The second-order valence-electron chi connectivity index (χ2n) is 7.67. The molecule has 0 saturated carbocycles. The van der Waals surface area contributed by atoms with Crippen LogP contribution in [-0.2, 0) is 19.8 Å². The fraction of sp³-hybridized carbons (Fsp3) is 0.192. The van der Waals surface area contributed by atoms with Crippen LogP contribution in [0.4, 0.5) is 0 Å². The van der Waals surface area contributed by atoms with E-state index in [0.717, 1.165) is 17.2 Å². The van der Waals surface area contributed by atoms with Gasteiger partial charge in [0, 0.05) is 22.6 Å². The molecule has 0 aromatic heterocycles. The number of carboxylic acids is 1. The summed E-state index contributed by atoms with van der Waals surface area (Å²) in [5.41, 5.74) is 1.76. The van der Waals surface area contributed by atoms with E-state index in [4.69, 9.17) is 14.6 Å². The molecule has 32 heavy (non-hydrogen) atoms. The first-order valence-electron chi connectivity index (χ1n) is 9.89. The van der Waals surface area contributed by atoms with Gasteiger partial charge >= 0.3 is 17.9 Å². The Kier molecular flexibility index (Phi) is 7.91. The van der Waals surface area contributed by atoms with E-state index in [1.165, 1.54) is 0 Å². The number of rotatable bonds is 9. The summed E-state index contributed by atoms with van der Waals surface area (Å²) in [6.45, 7) is 12.2. The number of ether oxygens (including phenoxy) is 2. The van der Waals surface area contributed by atoms with E-state index in [1.807, 2.05) is 31.2 Å². The first kappa shape index (κ1) is 24.3. The van der Waals surface area contributed by atoms with Crippen molar-refractivity contribution < 1.29 is 29.0 Å². The molecule has 0 aliphatic carbocycles. The van der Waals surface area contributed by atoms with Gasteiger partial charge in [-0.1, -0.05) is 50.4 Å². The van der Waals surface area contributed by atoms with Gasteiger partial charge in [-0.05, 0) is 55.7 Å². The number of hydrogen-bond donors (Lipinski definition) is 1. The van der Waals surface area contributed by atoms with Crippen molar-refractivity contribution >= 4 is 17.9 Å². The Bertz CT molecular complexity index is 987. The van der Waals surface area contributed by atoms with Crippen molar-refractivity contribution in [3.8, 4) is 11.5 Å². The SMILES string of the molecule is C=C(C)C(=O)Oc1ccc(C(C)(CC=CC(=O)O)c2ccc(OC(=O)C(=C)C)cc2)cc1. The molecule has 2 aromatic rings. The van der Waals surface area contributed by atoms with E-state index >= 15 is 0 Å². The fourth-order valence-electron chi connectivity index (χ4n) is 2.97. The van der Waals surface area contributed by atoms with E-state index < -0.39 is 23.3 Å². The molecular formula is C26H26O6. The molecule has 2 rings (SSSR count).